The average molecular weight is 1100 g/mol. The molecule has 0 saturated carbocycles. The second kappa shape index (κ2) is 17.9. The van der Waals surface area contributed by atoms with Crippen LogP contribution in [0.15, 0.2) is 243 Å². The van der Waals surface area contributed by atoms with Gasteiger partial charge in [0.05, 0.1) is 44.1 Å². The summed E-state index contributed by atoms with van der Waals surface area (Å²) in [6.07, 6.45) is 11.2. The van der Waals surface area contributed by atoms with E-state index >= 15 is 0 Å². The number of hydrogen-bond donors (Lipinski definition) is 0. The maximum atomic E-state index is 5.40. The molecule has 0 N–H and O–H groups in total. The third kappa shape index (κ3) is 6.97. The lowest BCUT2D eigenvalue weighted by Crippen LogP contribution is -2.06. The molecular weight excluding hydrogens is 1060 g/mol. The minimum atomic E-state index is 0.510. The van der Waals surface area contributed by atoms with E-state index in [1.165, 1.54) is 40.7 Å². The summed E-state index contributed by atoms with van der Waals surface area (Å²) in [4.78, 5) is 34.8. The van der Waals surface area contributed by atoms with Gasteiger partial charge in [0.1, 0.15) is 0 Å². The van der Waals surface area contributed by atoms with Crippen molar-refractivity contribution in [3.8, 4) is 62.4 Å². The average Bonchev–Trinajstić information content (AvgIpc) is 3.61. The van der Waals surface area contributed by atoms with Crippen LogP contribution in [0.1, 0.15) is 0 Å². The van der Waals surface area contributed by atoms with E-state index in [9.17, 15) is 0 Å². The zero-order chi connectivity index (χ0) is 54.3. The topological polar surface area (TPSA) is 105 Å². The van der Waals surface area contributed by atoms with Gasteiger partial charge in [0.15, 0.2) is 11.6 Å². The summed E-state index contributed by atoms with van der Waals surface area (Å²) in [5.74, 6) is 1.66. The zero-order valence-electron chi connectivity index (χ0n) is 43.9. The summed E-state index contributed by atoms with van der Waals surface area (Å²) in [6, 6.07) is 73.7. The van der Waals surface area contributed by atoms with E-state index in [2.05, 4.69) is 206 Å². The number of aromatic nitrogens is 10. The van der Waals surface area contributed by atoms with Gasteiger partial charge in [-0.25, -0.2) is 4.98 Å². The minimum absolute atomic E-state index is 0.510. The Morgan fingerprint density at radius 1 is 0.301 bits per heavy atom. The first kappa shape index (κ1) is 46.0. The SMILES string of the molecule is c1cc(-c2cccc3c2sc2ccc(-c4nc(-c5ccc6sc7c(-c8cccc(-n9c%10ccccc%10c%10ncccc%109)c8)cccc7c6c5)nc(-n5c6ccncc6c6cnccc65)n4)cc23)cc(-n2c3ccccc3c3ncccc32)c1. The maximum absolute atomic E-state index is 5.40. The van der Waals surface area contributed by atoms with Gasteiger partial charge in [0, 0.05) is 122 Å². The van der Waals surface area contributed by atoms with Crippen LogP contribution in [0.25, 0.3) is 168 Å². The third-order valence-electron chi connectivity index (χ3n) is 16.4. The molecule has 0 spiro atoms. The van der Waals surface area contributed by atoms with E-state index in [4.69, 9.17) is 24.9 Å². The number of para-hydroxylation sites is 2. The van der Waals surface area contributed by atoms with Crippen LogP contribution < -0.4 is 0 Å². The fourth-order valence-electron chi connectivity index (χ4n) is 12.7. The molecule has 83 heavy (non-hydrogen) atoms. The zero-order valence-corrected chi connectivity index (χ0v) is 45.5. The van der Waals surface area contributed by atoms with Crippen molar-refractivity contribution in [3.05, 3.63) is 243 Å². The van der Waals surface area contributed by atoms with Gasteiger partial charge in [-0.05, 0) is 131 Å². The predicted octanol–water partition coefficient (Wildman–Crippen LogP) is 18.1. The Morgan fingerprint density at radius 3 is 1.28 bits per heavy atom. The highest BCUT2D eigenvalue weighted by Gasteiger charge is 2.22. The quantitative estimate of drug-likeness (QED) is 0.157. The molecule has 0 radical (unpaired) electrons. The number of hydrogen-bond acceptors (Lipinski definition) is 9. The molecule has 0 bridgehead atoms. The van der Waals surface area contributed by atoms with Crippen molar-refractivity contribution in [1.29, 1.82) is 0 Å². The van der Waals surface area contributed by atoms with Crippen LogP contribution in [0, 0.1) is 0 Å². The summed E-state index contributed by atoms with van der Waals surface area (Å²) < 4.78 is 11.6. The van der Waals surface area contributed by atoms with Crippen LogP contribution in [-0.4, -0.2) is 48.6 Å². The highest BCUT2D eigenvalue weighted by Crippen LogP contribution is 2.45. The van der Waals surface area contributed by atoms with E-state index in [0.29, 0.717) is 17.6 Å². The number of fused-ring (bicyclic) bond motifs is 15. The van der Waals surface area contributed by atoms with Crippen molar-refractivity contribution >= 4 is 129 Å². The van der Waals surface area contributed by atoms with Crippen molar-refractivity contribution in [2.45, 2.75) is 0 Å². The van der Waals surface area contributed by atoms with Crippen LogP contribution >= 0.6 is 22.7 Å². The highest BCUT2D eigenvalue weighted by molar-refractivity contribution is 7.26. The van der Waals surface area contributed by atoms with Gasteiger partial charge < -0.3 is 9.13 Å². The van der Waals surface area contributed by atoms with E-state index in [1.807, 2.05) is 84.1 Å². The van der Waals surface area contributed by atoms with Gasteiger partial charge in [0.2, 0.25) is 5.95 Å². The smallest absolute Gasteiger partial charge is 0.238 e. The molecule has 18 rings (SSSR count). The Labute approximate surface area is 480 Å². The Morgan fingerprint density at radius 2 is 0.759 bits per heavy atom. The molecule has 0 aliphatic carbocycles. The normalized spacial score (nSPS) is 12.1. The van der Waals surface area contributed by atoms with Crippen LogP contribution in [0.4, 0.5) is 0 Å². The Hall–Kier alpha value is -10.8. The predicted molar refractivity (Wildman–Crippen MR) is 342 cm³/mol. The molecule has 0 unspecified atom stereocenters. The summed E-state index contributed by atoms with van der Waals surface area (Å²) in [5, 5.41) is 8.86. The number of rotatable bonds is 7. The van der Waals surface area contributed by atoms with Crippen molar-refractivity contribution in [2.75, 3.05) is 0 Å². The Bertz CT molecular complexity index is 5290. The van der Waals surface area contributed by atoms with Crippen molar-refractivity contribution in [1.82, 2.24) is 48.6 Å². The molecule has 0 saturated heterocycles. The lowest BCUT2D eigenvalue weighted by Gasteiger charge is -2.11. The third-order valence-corrected chi connectivity index (χ3v) is 18.8. The molecule has 12 heteroatoms. The van der Waals surface area contributed by atoms with Gasteiger partial charge in [0.25, 0.3) is 0 Å². The lowest BCUT2D eigenvalue weighted by atomic mass is 10.0. The standard InChI is InChI=1S/C71H40N10S2/c1-3-21-57-51(15-1)65-61(23-9-31-74-65)79(57)45-13-5-11-41(35-45)47-17-7-19-49-53-37-43(25-27-63(53)82-67(47)49)69-76-70(78-71(77-69)81-59-29-33-72-39-55(59)56-40-73-34-30-60(56)81)44-26-28-64-54(38-44)50-20-8-18-48(68(50)83-64)42-12-6-14-46(36-42)80-58-22-4-2-16-52(58)66-62(80)24-10-32-75-66/h1-40H. The molecule has 0 atom stereocenters. The first-order chi connectivity index (χ1) is 41.1. The molecule has 0 fully saturated rings. The molecule has 18 aromatic rings. The second-order valence-electron chi connectivity index (χ2n) is 20.9. The summed E-state index contributed by atoms with van der Waals surface area (Å²) in [6.45, 7) is 0. The molecule has 10 nitrogen and oxygen atoms in total. The van der Waals surface area contributed by atoms with Crippen LogP contribution in [0.5, 0.6) is 0 Å². The van der Waals surface area contributed by atoms with Gasteiger partial charge in [-0.2, -0.15) is 9.97 Å². The van der Waals surface area contributed by atoms with Crippen LogP contribution in [0.2, 0.25) is 0 Å². The molecule has 10 heterocycles. The van der Waals surface area contributed by atoms with Gasteiger partial charge in [-0.1, -0.05) is 97.1 Å². The van der Waals surface area contributed by atoms with E-state index in [1.54, 1.807) is 0 Å². The summed E-state index contributed by atoms with van der Waals surface area (Å²) in [5.41, 5.74) is 16.9. The van der Waals surface area contributed by atoms with E-state index in [0.717, 1.165) is 110 Å². The number of pyridine rings is 4. The Balaban J connectivity index is 0.778. The number of benzene rings is 8. The fraction of sp³-hybridized carbons (Fsp3) is 0. The van der Waals surface area contributed by atoms with Gasteiger partial charge in [-0.15, -0.1) is 22.7 Å². The summed E-state index contributed by atoms with van der Waals surface area (Å²) in [7, 11) is 0. The monoisotopic (exact) mass is 1100 g/mol. The van der Waals surface area contributed by atoms with Gasteiger partial charge in [-0.3, -0.25) is 24.5 Å². The number of nitrogens with zero attached hydrogens (tertiary/aromatic N) is 10. The minimum Gasteiger partial charge on any atom is -0.308 e. The molecule has 0 aliphatic heterocycles. The molecule has 0 aliphatic rings. The second-order valence-corrected chi connectivity index (χ2v) is 23.0. The van der Waals surface area contributed by atoms with E-state index < -0.39 is 0 Å². The fourth-order valence-corrected chi connectivity index (χ4v) is 15.2. The summed E-state index contributed by atoms with van der Waals surface area (Å²) >= 11 is 3.63. The first-order valence-electron chi connectivity index (χ1n) is 27.4. The molecular formula is C71H40N10S2. The number of thiophene rings is 2. The Kier molecular flexibility index (Phi) is 9.90. The van der Waals surface area contributed by atoms with Crippen LogP contribution in [0.3, 0.4) is 0 Å². The van der Waals surface area contributed by atoms with E-state index in [-0.39, 0.29) is 0 Å². The maximum Gasteiger partial charge on any atom is 0.238 e. The molecule has 386 valence electrons. The van der Waals surface area contributed by atoms with Crippen molar-refractivity contribution in [2.24, 2.45) is 0 Å². The molecule has 10 aromatic heterocycles. The largest absolute Gasteiger partial charge is 0.308 e. The van der Waals surface area contributed by atoms with Crippen molar-refractivity contribution in [3.63, 3.8) is 0 Å². The first-order valence-corrected chi connectivity index (χ1v) is 29.0. The molecule has 8 aromatic carbocycles. The molecule has 0 amide bonds. The highest BCUT2D eigenvalue weighted by atomic mass is 32.1. The van der Waals surface area contributed by atoms with Gasteiger partial charge >= 0.3 is 0 Å². The van der Waals surface area contributed by atoms with Crippen LogP contribution in [-0.2, 0) is 0 Å². The van der Waals surface area contributed by atoms with Crippen molar-refractivity contribution < 1.29 is 0 Å². The lowest BCUT2D eigenvalue weighted by molar-refractivity contribution is 0.953.